The first-order valence-electron chi connectivity index (χ1n) is 6.26. The fourth-order valence-corrected chi connectivity index (χ4v) is 3.79. The van der Waals surface area contributed by atoms with Gasteiger partial charge in [0.2, 0.25) is 5.91 Å². The highest BCUT2D eigenvalue weighted by Gasteiger charge is 2.30. The molecule has 104 valence electrons. The number of carbonyl (C=O) groups excluding carboxylic acids is 1. The molecule has 0 radical (unpaired) electrons. The van der Waals surface area contributed by atoms with E-state index < -0.39 is 0 Å². The highest BCUT2D eigenvalue weighted by molar-refractivity contribution is 9.10. The molecule has 1 atom stereocenters. The van der Waals surface area contributed by atoms with Gasteiger partial charge in [-0.15, -0.1) is 11.3 Å². The number of nitrogens with zero attached hydrogens (tertiary/aromatic N) is 2. The van der Waals surface area contributed by atoms with E-state index in [0.29, 0.717) is 13.0 Å². The summed E-state index contributed by atoms with van der Waals surface area (Å²) in [5.41, 5.74) is 2.02. The Morgan fingerprint density at radius 3 is 2.70 bits per heavy atom. The second kappa shape index (κ2) is 5.50. The lowest BCUT2D eigenvalue weighted by molar-refractivity contribution is -0.117. The minimum Gasteiger partial charge on any atom is -0.287 e. The van der Waals surface area contributed by atoms with E-state index in [2.05, 4.69) is 33.5 Å². The second-order valence-corrected chi connectivity index (χ2v) is 7.60. The first kappa shape index (κ1) is 14.1. The van der Waals surface area contributed by atoms with Crippen LogP contribution in [0.2, 0.25) is 0 Å². The summed E-state index contributed by atoms with van der Waals surface area (Å²) < 4.78 is 1.04. The number of benzene rings is 1. The molecule has 1 saturated heterocycles. The van der Waals surface area contributed by atoms with Gasteiger partial charge < -0.3 is 0 Å². The van der Waals surface area contributed by atoms with Crippen LogP contribution in [0.15, 0.2) is 28.7 Å². The summed E-state index contributed by atoms with van der Waals surface area (Å²) in [6.45, 7) is 2.69. The highest BCUT2D eigenvalue weighted by atomic mass is 79.9. The highest BCUT2D eigenvalue weighted by Crippen LogP contribution is 2.35. The zero-order valence-electron chi connectivity index (χ0n) is 10.8. The lowest BCUT2D eigenvalue weighted by Gasteiger charge is -2.11. The Bertz CT molecular complexity index is 654. The maximum absolute atomic E-state index is 11.9. The zero-order valence-corrected chi connectivity index (χ0v) is 14.1. The minimum absolute atomic E-state index is 0.112. The molecule has 1 aromatic heterocycles. The molecule has 2 heterocycles. The molecule has 1 fully saturated rings. The summed E-state index contributed by atoms with van der Waals surface area (Å²) in [6.07, 6.45) is 0.495. The van der Waals surface area contributed by atoms with E-state index in [1.165, 1.54) is 0 Å². The first-order valence-corrected chi connectivity index (χ1v) is 8.39. The number of halogens is 1. The SMILES string of the molecule is Cc1sc(N2CC(S)CC2=O)nc1-c1ccc(Br)cc1. The van der Waals surface area contributed by atoms with E-state index in [-0.39, 0.29) is 11.2 Å². The minimum atomic E-state index is 0.112. The number of aromatic nitrogens is 1. The van der Waals surface area contributed by atoms with Crippen LogP contribution in [0, 0.1) is 6.92 Å². The van der Waals surface area contributed by atoms with Crippen molar-refractivity contribution in [2.75, 3.05) is 11.4 Å². The van der Waals surface area contributed by atoms with Crippen LogP contribution >= 0.6 is 39.9 Å². The van der Waals surface area contributed by atoms with E-state index >= 15 is 0 Å². The molecule has 1 aliphatic heterocycles. The molecular formula is C14H13BrN2OS2. The summed E-state index contributed by atoms with van der Waals surface area (Å²) in [5.74, 6) is 0.112. The molecule has 1 unspecified atom stereocenters. The molecule has 2 aromatic rings. The maximum Gasteiger partial charge on any atom is 0.229 e. The predicted octanol–water partition coefficient (Wildman–Crippen LogP) is 3.92. The summed E-state index contributed by atoms with van der Waals surface area (Å²) in [6, 6.07) is 8.06. The third-order valence-corrected chi connectivity index (χ3v) is 5.11. The molecule has 3 nitrogen and oxygen atoms in total. The molecule has 1 aliphatic rings. The Kier molecular flexibility index (Phi) is 3.88. The molecule has 0 aliphatic carbocycles. The van der Waals surface area contributed by atoms with Gasteiger partial charge in [0.05, 0.1) is 5.69 Å². The third kappa shape index (κ3) is 2.64. The van der Waals surface area contributed by atoms with Crippen LogP contribution in [0.4, 0.5) is 5.13 Å². The van der Waals surface area contributed by atoms with Crippen molar-refractivity contribution in [1.82, 2.24) is 4.98 Å². The van der Waals surface area contributed by atoms with Gasteiger partial charge in [0.1, 0.15) is 0 Å². The number of anilines is 1. The number of amides is 1. The summed E-state index contributed by atoms with van der Waals surface area (Å²) in [5, 5.41) is 0.893. The fourth-order valence-electron chi connectivity index (χ4n) is 2.25. The van der Waals surface area contributed by atoms with Crippen LogP contribution in [-0.4, -0.2) is 22.7 Å². The Morgan fingerprint density at radius 2 is 2.10 bits per heavy atom. The fraction of sp³-hybridized carbons (Fsp3) is 0.286. The predicted molar refractivity (Wildman–Crippen MR) is 89.7 cm³/mol. The molecule has 0 N–H and O–H groups in total. The average molecular weight is 369 g/mol. The van der Waals surface area contributed by atoms with Crippen molar-refractivity contribution in [1.29, 1.82) is 0 Å². The van der Waals surface area contributed by atoms with E-state index in [9.17, 15) is 4.79 Å². The summed E-state index contributed by atoms with van der Waals surface area (Å²) in [4.78, 5) is 19.4. The molecule has 0 spiro atoms. The van der Waals surface area contributed by atoms with E-state index in [1.54, 1.807) is 16.2 Å². The largest absolute Gasteiger partial charge is 0.287 e. The van der Waals surface area contributed by atoms with Gasteiger partial charge in [0.15, 0.2) is 5.13 Å². The zero-order chi connectivity index (χ0) is 14.3. The van der Waals surface area contributed by atoms with E-state index in [0.717, 1.165) is 25.7 Å². The second-order valence-electron chi connectivity index (χ2n) is 4.77. The lowest BCUT2D eigenvalue weighted by Crippen LogP contribution is -2.24. The number of thiazole rings is 1. The normalized spacial score (nSPS) is 18.9. The van der Waals surface area contributed by atoms with Crippen LogP contribution in [0.25, 0.3) is 11.3 Å². The Balaban J connectivity index is 1.95. The van der Waals surface area contributed by atoms with Gasteiger partial charge in [-0.1, -0.05) is 28.1 Å². The molecule has 1 aromatic carbocycles. The average Bonchev–Trinajstić information content (AvgIpc) is 2.93. The number of carbonyl (C=O) groups is 1. The van der Waals surface area contributed by atoms with Gasteiger partial charge in [0, 0.05) is 33.1 Å². The Morgan fingerprint density at radius 1 is 1.40 bits per heavy atom. The Hall–Kier alpha value is -0.850. The van der Waals surface area contributed by atoms with Crippen molar-refractivity contribution in [2.24, 2.45) is 0 Å². The van der Waals surface area contributed by atoms with E-state index in [4.69, 9.17) is 0 Å². The lowest BCUT2D eigenvalue weighted by atomic mass is 10.1. The summed E-state index contributed by atoms with van der Waals surface area (Å²) >= 11 is 9.38. The van der Waals surface area contributed by atoms with Crippen molar-refractivity contribution in [3.05, 3.63) is 33.6 Å². The number of thiol groups is 1. The van der Waals surface area contributed by atoms with Crippen LogP contribution in [0.1, 0.15) is 11.3 Å². The standard InChI is InChI=1S/C14H13BrN2OS2/c1-8-13(9-2-4-10(15)5-3-9)16-14(20-8)17-7-11(19)6-12(17)18/h2-5,11,19H,6-7H2,1H3. The van der Waals surface area contributed by atoms with Crippen LogP contribution in [-0.2, 0) is 4.79 Å². The van der Waals surface area contributed by atoms with Gasteiger partial charge in [-0.3, -0.25) is 9.69 Å². The number of hydrogen-bond acceptors (Lipinski definition) is 4. The van der Waals surface area contributed by atoms with Crippen molar-refractivity contribution in [3.8, 4) is 11.3 Å². The molecule has 3 rings (SSSR count). The van der Waals surface area contributed by atoms with Crippen molar-refractivity contribution in [3.63, 3.8) is 0 Å². The van der Waals surface area contributed by atoms with Gasteiger partial charge in [0.25, 0.3) is 0 Å². The third-order valence-electron chi connectivity index (χ3n) is 3.24. The van der Waals surface area contributed by atoms with Gasteiger partial charge in [-0.05, 0) is 19.1 Å². The number of rotatable bonds is 2. The number of hydrogen-bond donors (Lipinski definition) is 1. The van der Waals surface area contributed by atoms with Crippen molar-refractivity contribution in [2.45, 2.75) is 18.6 Å². The van der Waals surface area contributed by atoms with Crippen LogP contribution in [0.5, 0.6) is 0 Å². The molecular weight excluding hydrogens is 356 g/mol. The van der Waals surface area contributed by atoms with Crippen molar-refractivity contribution < 1.29 is 4.79 Å². The molecule has 0 bridgehead atoms. The maximum atomic E-state index is 11.9. The van der Waals surface area contributed by atoms with Gasteiger partial charge in [-0.25, -0.2) is 4.98 Å². The topological polar surface area (TPSA) is 33.2 Å². The van der Waals surface area contributed by atoms with Crippen LogP contribution < -0.4 is 4.90 Å². The van der Waals surface area contributed by atoms with E-state index in [1.807, 2.05) is 31.2 Å². The van der Waals surface area contributed by atoms with Crippen LogP contribution in [0.3, 0.4) is 0 Å². The first-order chi connectivity index (χ1) is 9.54. The molecule has 6 heteroatoms. The molecule has 0 saturated carbocycles. The molecule has 1 amide bonds. The van der Waals surface area contributed by atoms with Gasteiger partial charge >= 0.3 is 0 Å². The van der Waals surface area contributed by atoms with Gasteiger partial charge in [-0.2, -0.15) is 12.6 Å². The monoisotopic (exact) mass is 368 g/mol. The van der Waals surface area contributed by atoms with Crippen molar-refractivity contribution >= 4 is 50.9 Å². The number of aryl methyl sites for hydroxylation is 1. The molecule has 20 heavy (non-hydrogen) atoms. The Labute approximate surface area is 135 Å². The smallest absolute Gasteiger partial charge is 0.229 e. The quantitative estimate of drug-likeness (QED) is 0.815. The summed E-state index contributed by atoms with van der Waals surface area (Å²) in [7, 11) is 0.